The minimum Gasteiger partial charge on any atom is -0.426 e. The van der Waals surface area contributed by atoms with Crippen LogP contribution in [0.15, 0.2) is 72.8 Å². The van der Waals surface area contributed by atoms with Crippen molar-refractivity contribution in [1.82, 2.24) is 0 Å². The first-order chi connectivity index (χ1) is 17.7. The molecule has 0 spiro atoms. The number of para-hydroxylation sites is 2. The summed E-state index contributed by atoms with van der Waals surface area (Å²) in [7, 11) is 0. The van der Waals surface area contributed by atoms with Gasteiger partial charge in [0.15, 0.2) is 0 Å². The Morgan fingerprint density at radius 2 is 0.889 bits per heavy atom. The molecule has 36 heavy (non-hydrogen) atoms. The van der Waals surface area contributed by atoms with Crippen LogP contribution in [-0.4, -0.2) is 11.9 Å². The number of allylic oxidation sites excluding steroid dienone is 4. The molecule has 0 N–H and O–H groups in total. The Bertz CT molecular complexity index is 923. The fraction of sp³-hybridized carbons (Fsp3) is 0.438. The molecule has 0 saturated carbocycles. The first kappa shape index (κ1) is 27.4. The lowest BCUT2D eigenvalue weighted by molar-refractivity contribution is -0.135. The van der Waals surface area contributed by atoms with E-state index in [1.54, 1.807) is 0 Å². The molecule has 3 rings (SSSR count). The van der Waals surface area contributed by atoms with Gasteiger partial charge in [-0.05, 0) is 74.6 Å². The van der Waals surface area contributed by atoms with Gasteiger partial charge in [0.2, 0.25) is 0 Å². The smallest absolute Gasteiger partial charge is 0.311 e. The Labute approximate surface area is 216 Å². The highest BCUT2D eigenvalue weighted by atomic mass is 16.5. The van der Waals surface area contributed by atoms with Gasteiger partial charge in [0.25, 0.3) is 0 Å². The van der Waals surface area contributed by atoms with Crippen LogP contribution in [0.25, 0.3) is 0 Å². The zero-order valence-electron chi connectivity index (χ0n) is 21.5. The summed E-state index contributed by atoms with van der Waals surface area (Å²) in [5.41, 5.74) is 2.07. The second kappa shape index (κ2) is 16.5. The van der Waals surface area contributed by atoms with Crippen LogP contribution < -0.4 is 9.47 Å². The highest BCUT2D eigenvalue weighted by Crippen LogP contribution is 2.22. The van der Waals surface area contributed by atoms with Crippen LogP contribution in [0.2, 0.25) is 0 Å². The highest BCUT2D eigenvalue weighted by molar-refractivity contribution is 5.73. The third-order valence-corrected chi connectivity index (χ3v) is 6.41. The van der Waals surface area contributed by atoms with E-state index in [0.29, 0.717) is 24.3 Å². The van der Waals surface area contributed by atoms with Crippen molar-refractivity contribution < 1.29 is 19.1 Å². The fourth-order valence-electron chi connectivity index (χ4n) is 4.32. The molecule has 0 saturated heterocycles. The van der Waals surface area contributed by atoms with Crippen LogP contribution in [0.5, 0.6) is 11.5 Å². The van der Waals surface area contributed by atoms with Gasteiger partial charge in [0, 0.05) is 12.8 Å². The molecule has 192 valence electrons. The maximum atomic E-state index is 12.3. The summed E-state index contributed by atoms with van der Waals surface area (Å²) in [5.74, 6) is 1.05. The normalized spacial score (nSPS) is 19.7. The molecule has 0 aromatic heterocycles. The zero-order chi connectivity index (χ0) is 25.3. The number of hydrogen-bond donors (Lipinski definition) is 0. The maximum Gasteiger partial charge on any atom is 0.311 e. The molecule has 0 bridgehead atoms. The fourth-order valence-corrected chi connectivity index (χ4v) is 4.32. The Morgan fingerprint density at radius 3 is 1.36 bits per heavy atom. The average molecular weight is 489 g/mol. The molecule has 0 amide bonds. The molecule has 1 aliphatic heterocycles. The summed E-state index contributed by atoms with van der Waals surface area (Å²) in [6.07, 6.45) is 21.2. The number of ether oxygens (including phenoxy) is 2. The molecular formula is C32H40O4. The lowest BCUT2D eigenvalue weighted by atomic mass is 10.1. The van der Waals surface area contributed by atoms with E-state index in [0.717, 1.165) is 88.2 Å². The minimum atomic E-state index is -0.146. The van der Waals surface area contributed by atoms with Crippen LogP contribution >= 0.6 is 0 Å². The molecule has 2 aromatic rings. The van der Waals surface area contributed by atoms with Crippen LogP contribution in [0.4, 0.5) is 0 Å². The van der Waals surface area contributed by atoms with Gasteiger partial charge in [-0.15, -0.1) is 0 Å². The molecule has 4 heteroatoms. The number of hydrogen-bond acceptors (Lipinski definition) is 4. The van der Waals surface area contributed by atoms with Crippen molar-refractivity contribution in [1.29, 1.82) is 0 Å². The summed E-state index contributed by atoms with van der Waals surface area (Å²) >= 11 is 0. The SMILES string of the molecule is O=C1CCCCCC/C=C/Cc2ccccc2OC(=O)CCCCCC/C=C/Cc2ccccc2O1. The predicted molar refractivity (Wildman–Crippen MR) is 145 cm³/mol. The summed E-state index contributed by atoms with van der Waals surface area (Å²) in [6.45, 7) is 0. The molecule has 4 nitrogen and oxygen atoms in total. The van der Waals surface area contributed by atoms with Crippen molar-refractivity contribution in [2.24, 2.45) is 0 Å². The lowest BCUT2D eigenvalue weighted by Crippen LogP contribution is -2.09. The van der Waals surface area contributed by atoms with Crippen molar-refractivity contribution >= 4 is 11.9 Å². The molecule has 0 fully saturated rings. The third kappa shape index (κ3) is 10.6. The summed E-state index contributed by atoms with van der Waals surface area (Å²) in [4.78, 5) is 24.7. The van der Waals surface area contributed by atoms with Gasteiger partial charge in [0.05, 0.1) is 0 Å². The van der Waals surface area contributed by atoms with E-state index < -0.39 is 0 Å². The molecule has 1 aliphatic rings. The van der Waals surface area contributed by atoms with Crippen LogP contribution in [-0.2, 0) is 22.4 Å². The van der Waals surface area contributed by atoms with Crippen LogP contribution in [0.1, 0.15) is 88.2 Å². The monoisotopic (exact) mass is 488 g/mol. The topological polar surface area (TPSA) is 52.6 Å². The Morgan fingerprint density at radius 1 is 0.472 bits per heavy atom. The number of esters is 2. The first-order valence-electron chi connectivity index (χ1n) is 13.6. The number of rotatable bonds is 0. The lowest BCUT2D eigenvalue weighted by Gasteiger charge is -2.09. The van der Waals surface area contributed by atoms with Crippen molar-refractivity contribution in [3.05, 3.63) is 84.0 Å². The average Bonchev–Trinajstić information content (AvgIpc) is 2.88. The number of carbonyl (C=O) groups excluding carboxylic acids is 2. The van der Waals surface area contributed by atoms with Crippen molar-refractivity contribution in [3.63, 3.8) is 0 Å². The Kier molecular flexibility index (Phi) is 12.6. The molecule has 0 atom stereocenters. The largest absolute Gasteiger partial charge is 0.426 e. The maximum absolute atomic E-state index is 12.3. The van der Waals surface area contributed by atoms with Gasteiger partial charge in [-0.1, -0.05) is 86.4 Å². The second-order valence-electron chi connectivity index (χ2n) is 9.42. The van der Waals surface area contributed by atoms with E-state index in [2.05, 4.69) is 24.3 Å². The summed E-state index contributed by atoms with van der Waals surface area (Å²) in [5, 5.41) is 0. The van der Waals surface area contributed by atoms with E-state index in [4.69, 9.17) is 9.47 Å². The molecule has 2 aromatic carbocycles. The van der Waals surface area contributed by atoms with Gasteiger partial charge in [0.1, 0.15) is 11.5 Å². The van der Waals surface area contributed by atoms with E-state index in [1.165, 1.54) is 0 Å². The van der Waals surface area contributed by atoms with Gasteiger partial charge in [-0.2, -0.15) is 0 Å². The third-order valence-electron chi connectivity index (χ3n) is 6.41. The van der Waals surface area contributed by atoms with Crippen molar-refractivity contribution in [3.8, 4) is 11.5 Å². The van der Waals surface area contributed by atoms with E-state index in [-0.39, 0.29) is 11.9 Å². The van der Waals surface area contributed by atoms with E-state index in [1.807, 2.05) is 48.5 Å². The van der Waals surface area contributed by atoms with Crippen LogP contribution in [0, 0.1) is 0 Å². The molecule has 0 aliphatic carbocycles. The molecular weight excluding hydrogens is 448 g/mol. The standard InChI is InChI=1S/C32H40O4/c33-31-25-13-9-5-1-3-7-11-19-27-21-15-17-23-29(27)36-32(34)26-14-10-6-2-4-8-12-20-28-22-16-18-24-30(28)35-31/h7-8,11-12,15-18,21-24H,1-6,9-10,13-14,19-20,25-26H2/b11-7+,12-8+. The molecule has 1 heterocycles. The van der Waals surface area contributed by atoms with Gasteiger partial charge in [-0.3, -0.25) is 9.59 Å². The molecule has 0 radical (unpaired) electrons. The quantitative estimate of drug-likeness (QED) is 0.214. The second-order valence-corrected chi connectivity index (χ2v) is 9.42. The summed E-state index contributed by atoms with van der Waals surface area (Å²) < 4.78 is 11.3. The Hall–Kier alpha value is -3.14. The van der Waals surface area contributed by atoms with E-state index >= 15 is 0 Å². The van der Waals surface area contributed by atoms with Crippen molar-refractivity contribution in [2.45, 2.75) is 89.9 Å². The van der Waals surface area contributed by atoms with Crippen molar-refractivity contribution in [2.75, 3.05) is 0 Å². The molecule has 0 unspecified atom stereocenters. The van der Waals surface area contributed by atoms with E-state index in [9.17, 15) is 9.59 Å². The first-order valence-corrected chi connectivity index (χ1v) is 13.6. The highest BCUT2D eigenvalue weighted by Gasteiger charge is 2.09. The summed E-state index contributed by atoms with van der Waals surface area (Å²) in [6, 6.07) is 15.6. The number of fused-ring (bicyclic) bond motifs is 2. The number of benzene rings is 2. The predicted octanol–water partition coefficient (Wildman–Crippen LogP) is 8.09. The number of carbonyl (C=O) groups is 2. The zero-order valence-corrected chi connectivity index (χ0v) is 21.5. The van der Waals surface area contributed by atoms with Gasteiger partial charge < -0.3 is 9.47 Å². The minimum absolute atomic E-state index is 0.146. The Balaban J connectivity index is 1.54. The van der Waals surface area contributed by atoms with Crippen LogP contribution in [0.3, 0.4) is 0 Å². The van der Waals surface area contributed by atoms with Gasteiger partial charge >= 0.3 is 11.9 Å². The van der Waals surface area contributed by atoms with Gasteiger partial charge in [-0.25, -0.2) is 0 Å².